The molecule has 1 aromatic rings. The maximum absolute atomic E-state index is 12.8. The van der Waals surface area contributed by atoms with Gasteiger partial charge >= 0.3 is 0 Å². The summed E-state index contributed by atoms with van der Waals surface area (Å²) in [5, 5.41) is 12.1. The van der Waals surface area contributed by atoms with Crippen molar-refractivity contribution in [1.29, 1.82) is 5.26 Å². The molecule has 0 fully saturated rings. The van der Waals surface area contributed by atoms with Crippen molar-refractivity contribution >= 4 is 15.9 Å². The number of nitrogens with zero attached hydrogens (tertiary/aromatic N) is 1. The Morgan fingerprint density at radius 3 is 2.60 bits per heavy atom. The molecule has 1 atom stereocenters. The molecular formula is C11H12BrFN2. The Balaban J connectivity index is 2.98. The number of rotatable bonds is 3. The lowest BCUT2D eigenvalue weighted by Crippen LogP contribution is -2.27. The minimum Gasteiger partial charge on any atom is -0.296 e. The third-order valence-corrected chi connectivity index (χ3v) is 2.59. The third-order valence-electron chi connectivity index (χ3n) is 1.90. The van der Waals surface area contributed by atoms with E-state index in [9.17, 15) is 4.39 Å². The van der Waals surface area contributed by atoms with Crippen LogP contribution in [0.2, 0.25) is 0 Å². The predicted octanol–water partition coefficient (Wildman–Crippen LogP) is 3.15. The second kappa shape index (κ2) is 5.24. The van der Waals surface area contributed by atoms with Crippen LogP contribution in [0.25, 0.3) is 0 Å². The highest BCUT2D eigenvalue weighted by atomic mass is 79.9. The molecular weight excluding hydrogens is 259 g/mol. The van der Waals surface area contributed by atoms with E-state index in [1.165, 1.54) is 12.1 Å². The van der Waals surface area contributed by atoms with E-state index in [4.69, 9.17) is 5.26 Å². The molecule has 15 heavy (non-hydrogen) atoms. The van der Waals surface area contributed by atoms with E-state index < -0.39 is 6.04 Å². The van der Waals surface area contributed by atoms with Crippen molar-refractivity contribution in [3.05, 3.63) is 34.1 Å². The molecule has 0 aromatic heterocycles. The van der Waals surface area contributed by atoms with E-state index in [1.54, 1.807) is 6.07 Å². The zero-order valence-electron chi connectivity index (χ0n) is 8.59. The summed E-state index contributed by atoms with van der Waals surface area (Å²) in [7, 11) is 0. The number of benzene rings is 1. The van der Waals surface area contributed by atoms with Crippen molar-refractivity contribution in [2.75, 3.05) is 0 Å². The molecule has 0 aliphatic carbocycles. The van der Waals surface area contributed by atoms with Gasteiger partial charge in [0.05, 0.1) is 6.07 Å². The van der Waals surface area contributed by atoms with Gasteiger partial charge in [-0.25, -0.2) is 4.39 Å². The van der Waals surface area contributed by atoms with Crippen molar-refractivity contribution in [1.82, 2.24) is 5.32 Å². The summed E-state index contributed by atoms with van der Waals surface area (Å²) in [4.78, 5) is 0. The molecule has 4 heteroatoms. The summed E-state index contributed by atoms with van der Waals surface area (Å²) in [6.07, 6.45) is 0. The van der Waals surface area contributed by atoms with Crippen molar-refractivity contribution < 1.29 is 4.39 Å². The first-order chi connectivity index (χ1) is 7.04. The summed E-state index contributed by atoms with van der Waals surface area (Å²) in [5.74, 6) is -0.313. The normalized spacial score (nSPS) is 12.5. The lowest BCUT2D eigenvalue weighted by atomic mass is 10.1. The van der Waals surface area contributed by atoms with Crippen LogP contribution >= 0.6 is 15.9 Å². The lowest BCUT2D eigenvalue weighted by Gasteiger charge is -2.16. The highest BCUT2D eigenvalue weighted by Crippen LogP contribution is 2.24. The van der Waals surface area contributed by atoms with E-state index in [-0.39, 0.29) is 11.9 Å². The van der Waals surface area contributed by atoms with Gasteiger partial charge in [0.15, 0.2) is 0 Å². The molecule has 80 valence electrons. The van der Waals surface area contributed by atoms with Gasteiger partial charge in [0.1, 0.15) is 11.9 Å². The van der Waals surface area contributed by atoms with Gasteiger partial charge in [-0.1, -0.05) is 22.0 Å². The van der Waals surface area contributed by atoms with Crippen LogP contribution in [0.15, 0.2) is 22.7 Å². The molecule has 1 rings (SSSR count). The number of hydrogen-bond acceptors (Lipinski definition) is 2. The first-order valence-electron chi connectivity index (χ1n) is 4.65. The Hall–Kier alpha value is -0.920. The molecule has 0 heterocycles. The predicted molar refractivity (Wildman–Crippen MR) is 60.7 cm³/mol. The molecule has 0 aliphatic heterocycles. The first kappa shape index (κ1) is 12.2. The van der Waals surface area contributed by atoms with Gasteiger partial charge in [-0.05, 0) is 31.5 Å². The molecule has 0 saturated heterocycles. The summed E-state index contributed by atoms with van der Waals surface area (Å²) >= 11 is 3.25. The molecule has 0 amide bonds. The molecule has 0 saturated carbocycles. The summed E-state index contributed by atoms with van der Waals surface area (Å²) in [5.41, 5.74) is 0.757. The second-order valence-electron chi connectivity index (χ2n) is 3.55. The second-order valence-corrected chi connectivity index (χ2v) is 4.40. The van der Waals surface area contributed by atoms with E-state index in [2.05, 4.69) is 27.3 Å². The van der Waals surface area contributed by atoms with E-state index in [1.807, 2.05) is 13.8 Å². The molecule has 1 unspecified atom stereocenters. The minimum absolute atomic E-state index is 0.201. The number of nitriles is 1. The Morgan fingerprint density at radius 2 is 2.13 bits per heavy atom. The quantitative estimate of drug-likeness (QED) is 0.916. The van der Waals surface area contributed by atoms with Crippen LogP contribution in [-0.4, -0.2) is 6.04 Å². The summed E-state index contributed by atoms with van der Waals surface area (Å²) in [6, 6.07) is 6.26. The average molecular weight is 271 g/mol. The van der Waals surface area contributed by atoms with Gasteiger partial charge in [0.2, 0.25) is 0 Å². The number of halogens is 2. The maximum atomic E-state index is 12.8. The van der Waals surface area contributed by atoms with Crippen molar-refractivity contribution in [2.45, 2.75) is 25.9 Å². The third kappa shape index (κ3) is 3.29. The zero-order chi connectivity index (χ0) is 11.4. The van der Waals surface area contributed by atoms with E-state index in [0.717, 1.165) is 5.56 Å². The van der Waals surface area contributed by atoms with Crippen LogP contribution in [0, 0.1) is 17.1 Å². The van der Waals surface area contributed by atoms with Crippen LogP contribution in [0.1, 0.15) is 25.5 Å². The number of nitrogens with one attached hydrogen (secondary N) is 1. The monoisotopic (exact) mass is 270 g/mol. The Morgan fingerprint density at radius 1 is 1.47 bits per heavy atom. The topological polar surface area (TPSA) is 35.8 Å². The molecule has 0 spiro atoms. The molecule has 0 aliphatic rings. The standard InChI is InChI=1S/C11H12BrFN2/c1-7(2)15-11(6-14)9-4-3-8(13)5-10(9)12/h3-5,7,11,15H,1-2H3. The lowest BCUT2D eigenvalue weighted by molar-refractivity contribution is 0.543. The highest BCUT2D eigenvalue weighted by Gasteiger charge is 2.14. The van der Waals surface area contributed by atoms with Gasteiger partial charge in [-0.3, -0.25) is 5.32 Å². The van der Waals surface area contributed by atoms with Crippen LogP contribution < -0.4 is 5.32 Å². The number of hydrogen-bond donors (Lipinski definition) is 1. The average Bonchev–Trinajstić information content (AvgIpc) is 2.14. The van der Waals surface area contributed by atoms with Gasteiger partial charge < -0.3 is 0 Å². The van der Waals surface area contributed by atoms with Crippen molar-refractivity contribution in [3.8, 4) is 6.07 Å². The Bertz CT molecular complexity index is 385. The fraction of sp³-hybridized carbons (Fsp3) is 0.364. The fourth-order valence-corrected chi connectivity index (χ4v) is 1.85. The summed E-state index contributed by atoms with van der Waals surface area (Å²) in [6.45, 7) is 3.92. The molecule has 1 aromatic carbocycles. The fourth-order valence-electron chi connectivity index (χ4n) is 1.27. The SMILES string of the molecule is CC(C)NC(C#N)c1ccc(F)cc1Br. The maximum Gasteiger partial charge on any atom is 0.124 e. The Labute approximate surface area is 97.2 Å². The van der Waals surface area contributed by atoms with Crippen molar-refractivity contribution in [3.63, 3.8) is 0 Å². The van der Waals surface area contributed by atoms with Crippen LogP contribution in [0.3, 0.4) is 0 Å². The van der Waals surface area contributed by atoms with Gasteiger partial charge in [-0.2, -0.15) is 5.26 Å². The zero-order valence-corrected chi connectivity index (χ0v) is 10.2. The van der Waals surface area contributed by atoms with Crippen molar-refractivity contribution in [2.24, 2.45) is 0 Å². The van der Waals surface area contributed by atoms with Crippen LogP contribution in [0.5, 0.6) is 0 Å². The van der Waals surface area contributed by atoms with Crippen LogP contribution in [0.4, 0.5) is 4.39 Å². The van der Waals surface area contributed by atoms with E-state index in [0.29, 0.717) is 4.47 Å². The highest BCUT2D eigenvalue weighted by molar-refractivity contribution is 9.10. The summed E-state index contributed by atoms with van der Waals surface area (Å²) < 4.78 is 13.5. The Kier molecular flexibility index (Phi) is 4.25. The van der Waals surface area contributed by atoms with Gasteiger partial charge in [0.25, 0.3) is 0 Å². The molecule has 2 nitrogen and oxygen atoms in total. The van der Waals surface area contributed by atoms with Gasteiger partial charge in [-0.15, -0.1) is 0 Å². The smallest absolute Gasteiger partial charge is 0.124 e. The van der Waals surface area contributed by atoms with Gasteiger partial charge in [0, 0.05) is 10.5 Å². The molecule has 1 N–H and O–H groups in total. The first-order valence-corrected chi connectivity index (χ1v) is 5.44. The largest absolute Gasteiger partial charge is 0.296 e. The van der Waals surface area contributed by atoms with E-state index >= 15 is 0 Å². The molecule has 0 radical (unpaired) electrons. The molecule has 0 bridgehead atoms. The van der Waals surface area contributed by atoms with Crippen LogP contribution in [-0.2, 0) is 0 Å². The minimum atomic E-state index is -0.417.